The molecule has 0 radical (unpaired) electrons. The second kappa shape index (κ2) is 6.10. The van der Waals surface area contributed by atoms with Crippen molar-refractivity contribution in [3.8, 4) is 0 Å². The SMILES string of the molecule is CC(C)N1CCC(Nc2ccc(S(C)(=O)=O)nc2)CC1. The first-order valence-corrected chi connectivity index (χ1v) is 8.92. The molecule has 0 aromatic carbocycles. The molecular weight excluding hydrogens is 274 g/mol. The second-order valence-corrected chi connectivity index (χ2v) is 7.67. The molecule has 0 amide bonds. The summed E-state index contributed by atoms with van der Waals surface area (Å²) in [5.41, 5.74) is 0.889. The van der Waals surface area contributed by atoms with Crippen molar-refractivity contribution in [3.05, 3.63) is 18.3 Å². The first-order chi connectivity index (χ1) is 9.36. The predicted molar refractivity (Wildman–Crippen MR) is 80.7 cm³/mol. The van der Waals surface area contributed by atoms with Gasteiger partial charge in [0, 0.05) is 31.4 Å². The summed E-state index contributed by atoms with van der Waals surface area (Å²) in [6.45, 7) is 6.65. The Labute approximate surface area is 121 Å². The molecule has 0 saturated carbocycles. The monoisotopic (exact) mass is 297 g/mol. The van der Waals surface area contributed by atoms with E-state index in [4.69, 9.17) is 0 Å². The van der Waals surface area contributed by atoms with E-state index >= 15 is 0 Å². The molecule has 1 aliphatic heterocycles. The average molecular weight is 297 g/mol. The van der Waals surface area contributed by atoms with Gasteiger partial charge in [-0.05, 0) is 38.8 Å². The Bertz CT molecular complexity index is 532. The first kappa shape index (κ1) is 15.3. The summed E-state index contributed by atoms with van der Waals surface area (Å²) in [5, 5.41) is 3.56. The van der Waals surface area contributed by atoms with Crippen LogP contribution in [0, 0.1) is 0 Å². The van der Waals surface area contributed by atoms with Gasteiger partial charge in [0.05, 0.1) is 11.9 Å². The molecule has 1 aliphatic rings. The van der Waals surface area contributed by atoms with Crippen LogP contribution >= 0.6 is 0 Å². The molecule has 0 aliphatic carbocycles. The molecule has 2 heterocycles. The van der Waals surface area contributed by atoms with Crippen LogP contribution in [0.15, 0.2) is 23.4 Å². The lowest BCUT2D eigenvalue weighted by Gasteiger charge is -2.35. The number of sulfone groups is 1. The Kier molecular flexibility index (Phi) is 4.65. The minimum Gasteiger partial charge on any atom is -0.381 e. The van der Waals surface area contributed by atoms with Crippen molar-refractivity contribution < 1.29 is 8.42 Å². The lowest BCUT2D eigenvalue weighted by Crippen LogP contribution is -2.42. The summed E-state index contributed by atoms with van der Waals surface area (Å²) in [4.78, 5) is 6.47. The molecule has 6 heteroatoms. The van der Waals surface area contributed by atoms with Gasteiger partial charge in [0.2, 0.25) is 0 Å². The average Bonchev–Trinajstić information content (AvgIpc) is 2.39. The lowest BCUT2D eigenvalue weighted by atomic mass is 10.0. The fraction of sp³-hybridized carbons (Fsp3) is 0.643. The van der Waals surface area contributed by atoms with Crippen LogP contribution in [0.25, 0.3) is 0 Å². The van der Waals surface area contributed by atoms with E-state index in [1.54, 1.807) is 18.3 Å². The topological polar surface area (TPSA) is 62.3 Å². The van der Waals surface area contributed by atoms with Crippen LogP contribution < -0.4 is 5.32 Å². The van der Waals surface area contributed by atoms with Crippen molar-refractivity contribution in [1.82, 2.24) is 9.88 Å². The molecule has 1 saturated heterocycles. The van der Waals surface area contributed by atoms with Gasteiger partial charge in [-0.25, -0.2) is 13.4 Å². The summed E-state index contributed by atoms with van der Waals surface area (Å²) in [7, 11) is -3.22. The zero-order valence-electron chi connectivity index (χ0n) is 12.3. The van der Waals surface area contributed by atoms with E-state index < -0.39 is 9.84 Å². The maximum Gasteiger partial charge on any atom is 0.192 e. The van der Waals surface area contributed by atoms with E-state index in [1.165, 1.54) is 6.26 Å². The summed E-state index contributed by atoms with van der Waals surface area (Å²) in [6, 6.07) is 4.39. The van der Waals surface area contributed by atoms with Gasteiger partial charge < -0.3 is 10.2 Å². The number of anilines is 1. The van der Waals surface area contributed by atoms with Crippen molar-refractivity contribution >= 4 is 15.5 Å². The molecule has 112 valence electrons. The number of aromatic nitrogens is 1. The quantitative estimate of drug-likeness (QED) is 0.917. The standard InChI is InChI=1S/C14H23N3O2S/c1-11(2)17-8-6-12(7-9-17)16-13-4-5-14(15-10-13)20(3,18)19/h4-5,10-12,16H,6-9H2,1-3H3. The maximum atomic E-state index is 11.3. The number of pyridine rings is 1. The highest BCUT2D eigenvalue weighted by molar-refractivity contribution is 7.90. The van der Waals surface area contributed by atoms with E-state index in [2.05, 4.69) is 29.0 Å². The summed E-state index contributed by atoms with van der Waals surface area (Å²) >= 11 is 0. The molecule has 1 aromatic rings. The van der Waals surface area contributed by atoms with Crippen LogP contribution in [0.5, 0.6) is 0 Å². The highest BCUT2D eigenvalue weighted by atomic mass is 32.2. The van der Waals surface area contributed by atoms with Gasteiger partial charge in [0.15, 0.2) is 14.9 Å². The van der Waals surface area contributed by atoms with Crippen LogP contribution in [0.1, 0.15) is 26.7 Å². The lowest BCUT2D eigenvalue weighted by molar-refractivity contribution is 0.177. The number of rotatable bonds is 4. The van der Waals surface area contributed by atoms with Crippen LogP contribution in [0.3, 0.4) is 0 Å². The molecule has 20 heavy (non-hydrogen) atoms. The largest absolute Gasteiger partial charge is 0.381 e. The minimum atomic E-state index is -3.22. The Hall–Kier alpha value is -1.14. The van der Waals surface area contributed by atoms with Crippen molar-refractivity contribution in [2.75, 3.05) is 24.7 Å². The smallest absolute Gasteiger partial charge is 0.192 e. The number of hydrogen-bond acceptors (Lipinski definition) is 5. The molecule has 1 fully saturated rings. The van der Waals surface area contributed by atoms with E-state index in [1.807, 2.05) is 0 Å². The Morgan fingerprint density at radius 2 is 1.95 bits per heavy atom. The number of nitrogens with zero attached hydrogens (tertiary/aromatic N) is 2. The van der Waals surface area contributed by atoms with Crippen molar-refractivity contribution in [3.63, 3.8) is 0 Å². The molecule has 0 atom stereocenters. The molecule has 1 N–H and O–H groups in total. The van der Waals surface area contributed by atoms with Crippen LogP contribution in [-0.2, 0) is 9.84 Å². The van der Waals surface area contributed by atoms with Crippen LogP contribution in [0.4, 0.5) is 5.69 Å². The Balaban J connectivity index is 1.92. The Morgan fingerprint density at radius 3 is 2.40 bits per heavy atom. The molecule has 5 nitrogen and oxygen atoms in total. The van der Waals surface area contributed by atoms with Crippen LogP contribution in [-0.4, -0.2) is 49.7 Å². The fourth-order valence-corrected chi connectivity index (χ4v) is 3.04. The van der Waals surface area contributed by atoms with E-state index in [0.717, 1.165) is 31.6 Å². The van der Waals surface area contributed by atoms with Crippen molar-refractivity contribution in [2.24, 2.45) is 0 Å². The zero-order valence-corrected chi connectivity index (χ0v) is 13.2. The molecule has 0 unspecified atom stereocenters. The first-order valence-electron chi connectivity index (χ1n) is 7.03. The van der Waals surface area contributed by atoms with Gasteiger partial charge in [-0.1, -0.05) is 0 Å². The van der Waals surface area contributed by atoms with Gasteiger partial charge >= 0.3 is 0 Å². The number of nitrogens with one attached hydrogen (secondary N) is 1. The summed E-state index contributed by atoms with van der Waals surface area (Å²) in [5.74, 6) is 0. The van der Waals surface area contributed by atoms with Gasteiger partial charge in [-0.2, -0.15) is 0 Å². The molecule has 0 bridgehead atoms. The third kappa shape index (κ3) is 3.93. The number of hydrogen-bond donors (Lipinski definition) is 1. The highest BCUT2D eigenvalue weighted by Crippen LogP contribution is 2.18. The number of piperidine rings is 1. The third-order valence-electron chi connectivity index (χ3n) is 3.75. The molecular formula is C14H23N3O2S. The van der Waals surface area contributed by atoms with Gasteiger partial charge in [0.1, 0.15) is 0 Å². The predicted octanol–water partition coefficient (Wildman–Crippen LogP) is 1.77. The summed E-state index contributed by atoms with van der Waals surface area (Å²) < 4.78 is 22.7. The van der Waals surface area contributed by atoms with Gasteiger partial charge in [-0.3, -0.25) is 0 Å². The second-order valence-electron chi connectivity index (χ2n) is 5.71. The van der Waals surface area contributed by atoms with E-state index in [-0.39, 0.29) is 5.03 Å². The fourth-order valence-electron chi connectivity index (χ4n) is 2.48. The van der Waals surface area contributed by atoms with E-state index in [9.17, 15) is 8.42 Å². The van der Waals surface area contributed by atoms with Gasteiger partial charge in [-0.15, -0.1) is 0 Å². The molecule has 2 rings (SSSR count). The summed E-state index contributed by atoms with van der Waals surface area (Å²) in [6.07, 6.45) is 4.98. The van der Waals surface area contributed by atoms with Crippen molar-refractivity contribution in [2.45, 2.75) is 43.8 Å². The third-order valence-corrected chi connectivity index (χ3v) is 4.75. The highest BCUT2D eigenvalue weighted by Gasteiger charge is 2.20. The normalized spacial score (nSPS) is 18.4. The maximum absolute atomic E-state index is 11.3. The molecule has 0 spiro atoms. The minimum absolute atomic E-state index is 0.123. The molecule has 1 aromatic heterocycles. The Morgan fingerprint density at radius 1 is 1.30 bits per heavy atom. The zero-order chi connectivity index (χ0) is 14.8. The van der Waals surface area contributed by atoms with Crippen LogP contribution in [0.2, 0.25) is 0 Å². The van der Waals surface area contributed by atoms with E-state index in [0.29, 0.717) is 12.1 Å². The van der Waals surface area contributed by atoms with Crippen molar-refractivity contribution in [1.29, 1.82) is 0 Å². The number of likely N-dealkylation sites (tertiary alicyclic amines) is 1. The van der Waals surface area contributed by atoms with Gasteiger partial charge in [0.25, 0.3) is 0 Å².